The summed E-state index contributed by atoms with van der Waals surface area (Å²) in [6, 6.07) is 2.70. The molecule has 184 valence electrons. The van der Waals surface area contributed by atoms with E-state index in [4.69, 9.17) is 5.26 Å². The third-order valence-corrected chi connectivity index (χ3v) is 6.12. The molecule has 2 heterocycles. The number of anilines is 1. The first-order valence-electron chi connectivity index (χ1n) is 12.9. The van der Waals surface area contributed by atoms with Gasteiger partial charge in [0.25, 0.3) is 0 Å². The number of nitriles is 1. The number of piperazine rings is 1. The van der Waals surface area contributed by atoms with Gasteiger partial charge in [-0.05, 0) is 77.0 Å². The maximum atomic E-state index is 8.85. The maximum absolute atomic E-state index is 8.85. The van der Waals surface area contributed by atoms with Crippen LogP contribution in [0, 0.1) is 24.2 Å². The fraction of sp³-hybridized carbons (Fsp3) is 0.552. The summed E-state index contributed by atoms with van der Waals surface area (Å²) in [5, 5.41) is 12.3. The fourth-order valence-corrected chi connectivity index (χ4v) is 4.30. The predicted molar refractivity (Wildman–Crippen MR) is 145 cm³/mol. The number of hydrogen-bond donors (Lipinski definition) is 1. The zero-order chi connectivity index (χ0) is 24.9. The number of hydrogen-bond acceptors (Lipinski definition) is 5. The van der Waals surface area contributed by atoms with Crippen molar-refractivity contribution in [2.75, 3.05) is 24.5 Å². The van der Waals surface area contributed by atoms with Crippen molar-refractivity contribution in [2.45, 2.75) is 79.7 Å². The summed E-state index contributed by atoms with van der Waals surface area (Å²) < 4.78 is 0. The lowest BCUT2D eigenvalue weighted by molar-refractivity contribution is 0.482. The Morgan fingerprint density at radius 3 is 2.65 bits per heavy atom. The predicted octanol–water partition coefficient (Wildman–Crippen LogP) is 6.55. The molecular formula is C29H43N5. The SMILES string of the molecule is C/C=C(\c1c(C)ncnc1N1CCNC(C)C1)C1CC1.CC/C=C/C=C(C#N)\C=C(/C)CCC. The molecule has 2 aliphatic rings. The van der Waals surface area contributed by atoms with Crippen molar-refractivity contribution in [3.05, 3.63) is 59.1 Å². The molecule has 0 radical (unpaired) electrons. The molecule has 1 aromatic heterocycles. The van der Waals surface area contributed by atoms with Gasteiger partial charge in [0, 0.05) is 31.2 Å². The zero-order valence-electron chi connectivity index (χ0n) is 22.1. The first kappa shape index (κ1) is 27.5. The van der Waals surface area contributed by atoms with E-state index in [-0.39, 0.29) is 0 Å². The Kier molecular flexibility index (Phi) is 11.8. The lowest BCUT2D eigenvalue weighted by Crippen LogP contribution is -2.49. The summed E-state index contributed by atoms with van der Waals surface area (Å²) in [7, 11) is 0. The van der Waals surface area contributed by atoms with Crippen LogP contribution < -0.4 is 10.2 Å². The minimum absolute atomic E-state index is 0.516. The van der Waals surface area contributed by atoms with Crippen LogP contribution in [-0.2, 0) is 0 Å². The van der Waals surface area contributed by atoms with Crippen molar-refractivity contribution >= 4 is 11.4 Å². The van der Waals surface area contributed by atoms with Crippen LogP contribution in [0.25, 0.3) is 5.57 Å². The second kappa shape index (κ2) is 14.5. The minimum atomic E-state index is 0.516. The van der Waals surface area contributed by atoms with E-state index < -0.39 is 0 Å². The number of aryl methyl sites for hydroxylation is 1. The van der Waals surface area contributed by atoms with Gasteiger partial charge < -0.3 is 10.2 Å². The van der Waals surface area contributed by atoms with E-state index in [1.165, 1.54) is 29.6 Å². The van der Waals surface area contributed by atoms with E-state index in [1.54, 1.807) is 6.33 Å². The molecular weight excluding hydrogens is 418 g/mol. The fourth-order valence-electron chi connectivity index (χ4n) is 4.30. The Bertz CT molecular complexity index is 944. The van der Waals surface area contributed by atoms with Crippen LogP contribution in [0.2, 0.25) is 0 Å². The number of allylic oxidation sites excluding steroid dienone is 8. The number of nitrogens with zero attached hydrogens (tertiary/aromatic N) is 4. The van der Waals surface area contributed by atoms with Gasteiger partial charge in [-0.3, -0.25) is 0 Å². The second-order valence-corrected chi connectivity index (χ2v) is 9.29. The zero-order valence-corrected chi connectivity index (χ0v) is 22.1. The molecule has 0 aromatic carbocycles. The molecule has 5 nitrogen and oxygen atoms in total. The smallest absolute Gasteiger partial charge is 0.139 e. The van der Waals surface area contributed by atoms with Crippen LogP contribution in [0.3, 0.4) is 0 Å². The highest BCUT2D eigenvalue weighted by Gasteiger charge is 2.31. The summed E-state index contributed by atoms with van der Waals surface area (Å²) in [6.07, 6.45) is 17.6. The molecule has 1 aliphatic carbocycles. The molecule has 1 unspecified atom stereocenters. The first-order valence-corrected chi connectivity index (χ1v) is 12.9. The largest absolute Gasteiger partial charge is 0.353 e. The van der Waals surface area contributed by atoms with E-state index in [1.807, 2.05) is 24.3 Å². The van der Waals surface area contributed by atoms with Gasteiger partial charge in [0.15, 0.2) is 0 Å². The molecule has 1 saturated heterocycles. The molecule has 1 aliphatic heterocycles. The molecule has 3 rings (SSSR count). The van der Waals surface area contributed by atoms with E-state index >= 15 is 0 Å². The Balaban J connectivity index is 0.000000259. The third-order valence-electron chi connectivity index (χ3n) is 6.12. The molecule has 1 atom stereocenters. The second-order valence-electron chi connectivity index (χ2n) is 9.29. The van der Waals surface area contributed by atoms with E-state index in [2.05, 4.69) is 73.9 Å². The van der Waals surface area contributed by atoms with Crippen LogP contribution >= 0.6 is 0 Å². The van der Waals surface area contributed by atoms with Crippen molar-refractivity contribution in [3.8, 4) is 6.07 Å². The molecule has 0 bridgehead atoms. The van der Waals surface area contributed by atoms with Crippen molar-refractivity contribution in [1.82, 2.24) is 15.3 Å². The van der Waals surface area contributed by atoms with Gasteiger partial charge >= 0.3 is 0 Å². The van der Waals surface area contributed by atoms with Crippen LogP contribution in [0.4, 0.5) is 5.82 Å². The summed E-state index contributed by atoms with van der Waals surface area (Å²) in [5.41, 5.74) is 5.85. The summed E-state index contributed by atoms with van der Waals surface area (Å²) in [4.78, 5) is 11.5. The highest BCUT2D eigenvalue weighted by atomic mass is 15.2. The molecule has 0 amide bonds. The standard InChI is InChI=1S/C16H24N4.C13H19N/c1-4-14(13-5-6-13)15-12(3)18-10-19-16(15)20-8-7-17-11(2)9-20;1-4-6-7-9-13(11-14)10-12(3)8-5-2/h4,10-11,13,17H,5-9H2,1-3H3;6-7,9-10H,4-5,8H2,1-3H3/b14-4-;7-6+,12-10+,13-9+. The summed E-state index contributed by atoms with van der Waals surface area (Å²) in [6.45, 7) is 15.8. The van der Waals surface area contributed by atoms with Gasteiger partial charge in [-0.1, -0.05) is 44.1 Å². The van der Waals surface area contributed by atoms with Gasteiger partial charge in [0.1, 0.15) is 12.1 Å². The Morgan fingerprint density at radius 2 is 2.06 bits per heavy atom. The minimum Gasteiger partial charge on any atom is -0.353 e. The maximum Gasteiger partial charge on any atom is 0.139 e. The van der Waals surface area contributed by atoms with Crippen LogP contribution in [0.1, 0.15) is 78.0 Å². The van der Waals surface area contributed by atoms with Crippen molar-refractivity contribution in [2.24, 2.45) is 5.92 Å². The van der Waals surface area contributed by atoms with Crippen LogP contribution in [-0.4, -0.2) is 35.6 Å². The van der Waals surface area contributed by atoms with Gasteiger partial charge in [-0.2, -0.15) is 5.26 Å². The van der Waals surface area contributed by atoms with E-state index in [9.17, 15) is 0 Å². The lowest BCUT2D eigenvalue weighted by atomic mass is 9.99. The third kappa shape index (κ3) is 8.57. The molecule has 34 heavy (non-hydrogen) atoms. The quantitative estimate of drug-likeness (QED) is 0.351. The Hall–Kier alpha value is -2.71. The highest BCUT2D eigenvalue weighted by Crippen LogP contribution is 2.44. The van der Waals surface area contributed by atoms with Gasteiger partial charge in [0.05, 0.1) is 17.3 Å². The molecule has 1 saturated carbocycles. The Labute approximate surface area is 207 Å². The Morgan fingerprint density at radius 1 is 1.29 bits per heavy atom. The average Bonchev–Trinajstić information content (AvgIpc) is 3.66. The monoisotopic (exact) mass is 461 g/mol. The van der Waals surface area contributed by atoms with Crippen LogP contribution in [0.15, 0.2) is 47.9 Å². The van der Waals surface area contributed by atoms with E-state index in [0.29, 0.717) is 6.04 Å². The molecule has 2 fully saturated rings. The van der Waals surface area contributed by atoms with Crippen molar-refractivity contribution in [1.29, 1.82) is 5.26 Å². The van der Waals surface area contributed by atoms with Gasteiger partial charge in [-0.15, -0.1) is 0 Å². The number of nitrogens with one attached hydrogen (secondary N) is 1. The number of rotatable bonds is 8. The summed E-state index contributed by atoms with van der Waals surface area (Å²) in [5.74, 6) is 1.86. The first-order chi connectivity index (χ1) is 16.4. The highest BCUT2D eigenvalue weighted by molar-refractivity contribution is 5.78. The summed E-state index contributed by atoms with van der Waals surface area (Å²) >= 11 is 0. The van der Waals surface area contributed by atoms with Gasteiger partial charge in [-0.25, -0.2) is 9.97 Å². The molecule has 5 heteroatoms. The molecule has 0 spiro atoms. The van der Waals surface area contributed by atoms with Gasteiger partial charge in [0.2, 0.25) is 0 Å². The molecule has 1 N–H and O–H groups in total. The van der Waals surface area contributed by atoms with E-state index in [0.717, 1.165) is 61.9 Å². The average molecular weight is 462 g/mol. The molecule has 1 aromatic rings. The normalized spacial score (nSPS) is 19.6. The number of aromatic nitrogens is 2. The van der Waals surface area contributed by atoms with Crippen molar-refractivity contribution in [3.63, 3.8) is 0 Å². The van der Waals surface area contributed by atoms with Crippen LogP contribution in [0.5, 0.6) is 0 Å². The topological polar surface area (TPSA) is 64.8 Å². The van der Waals surface area contributed by atoms with Crippen molar-refractivity contribution < 1.29 is 0 Å². The lowest BCUT2D eigenvalue weighted by Gasteiger charge is -2.34.